The Kier molecular flexibility index (Phi) is 5.83. The summed E-state index contributed by atoms with van der Waals surface area (Å²) in [5, 5.41) is 15.3. The zero-order valence-electron chi connectivity index (χ0n) is 12.0. The number of hydrogen-bond acceptors (Lipinski definition) is 3. The van der Waals surface area contributed by atoms with Crippen molar-refractivity contribution in [2.24, 2.45) is 5.41 Å². The lowest BCUT2D eigenvalue weighted by Gasteiger charge is -2.22. The standard InChI is InChI=1S/C15H24N2O2/c1-4-8-16-14(19)12-6-5-7-13(9-12)17-10-15(2,3)11-18/h5-7,9,17-18H,4,8,10-11H2,1-3H3,(H,16,19). The number of rotatable bonds is 7. The van der Waals surface area contributed by atoms with Gasteiger partial charge in [0.1, 0.15) is 0 Å². The van der Waals surface area contributed by atoms with E-state index in [0.717, 1.165) is 12.1 Å². The Morgan fingerprint density at radius 1 is 1.37 bits per heavy atom. The molecular formula is C15H24N2O2. The van der Waals surface area contributed by atoms with Crippen molar-refractivity contribution in [2.45, 2.75) is 27.2 Å². The van der Waals surface area contributed by atoms with Crippen LogP contribution in [0.4, 0.5) is 5.69 Å². The molecule has 4 nitrogen and oxygen atoms in total. The average molecular weight is 264 g/mol. The largest absolute Gasteiger partial charge is 0.396 e. The molecule has 1 aromatic rings. The fraction of sp³-hybridized carbons (Fsp3) is 0.533. The highest BCUT2D eigenvalue weighted by molar-refractivity contribution is 5.95. The van der Waals surface area contributed by atoms with Crippen molar-refractivity contribution in [1.29, 1.82) is 0 Å². The van der Waals surface area contributed by atoms with Gasteiger partial charge in [-0.05, 0) is 24.6 Å². The van der Waals surface area contributed by atoms with E-state index in [4.69, 9.17) is 0 Å². The van der Waals surface area contributed by atoms with Crippen molar-refractivity contribution in [3.05, 3.63) is 29.8 Å². The minimum absolute atomic E-state index is 0.0491. The number of benzene rings is 1. The highest BCUT2D eigenvalue weighted by Crippen LogP contribution is 2.17. The van der Waals surface area contributed by atoms with Gasteiger partial charge in [0.2, 0.25) is 0 Å². The quantitative estimate of drug-likeness (QED) is 0.708. The van der Waals surface area contributed by atoms with Crippen molar-refractivity contribution in [1.82, 2.24) is 5.32 Å². The number of aliphatic hydroxyl groups is 1. The van der Waals surface area contributed by atoms with Crippen molar-refractivity contribution < 1.29 is 9.90 Å². The summed E-state index contributed by atoms with van der Waals surface area (Å²) in [5.74, 6) is -0.0491. The summed E-state index contributed by atoms with van der Waals surface area (Å²) >= 11 is 0. The molecule has 3 N–H and O–H groups in total. The predicted octanol–water partition coefficient (Wildman–Crippen LogP) is 2.26. The fourth-order valence-electron chi connectivity index (χ4n) is 1.51. The van der Waals surface area contributed by atoms with Gasteiger partial charge in [-0.1, -0.05) is 26.8 Å². The topological polar surface area (TPSA) is 61.4 Å². The highest BCUT2D eigenvalue weighted by atomic mass is 16.3. The lowest BCUT2D eigenvalue weighted by molar-refractivity contribution is 0.0953. The van der Waals surface area contributed by atoms with Gasteiger partial charge in [0.15, 0.2) is 0 Å². The number of carbonyl (C=O) groups excluding carboxylic acids is 1. The van der Waals surface area contributed by atoms with Crippen LogP contribution in [0.3, 0.4) is 0 Å². The minimum atomic E-state index is -0.180. The Morgan fingerprint density at radius 3 is 2.74 bits per heavy atom. The zero-order chi connectivity index (χ0) is 14.3. The van der Waals surface area contributed by atoms with E-state index < -0.39 is 0 Å². The third-order valence-electron chi connectivity index (χ3n) is 2.86. The van der Waals surface area contributed by atoms with Gasteiger partial charge in [-0.25, -0.2) is 0 Å². The van der Waals surface area contributed by atoms with Crippen LogP contribution in [0.2, 0.25) is 0 Å². The lowest BCUT2D eigenvalue weighted by Crippen LogP contribution is -2.27. The summed E-state index contributed by atoms with van der Waals surface area (Å²) in [7, 11) is 0. The Bertz CT molecular complexity index is 416. The lowest BCUT2D eigenvalue weighted by atomic mass is 9.95. The van der Waals surface area contributed by atoms with E-state index in [1.54, 1.807) is 6.07 Å². The normalized spacial score (nSPS) is 11.2. The van der Waals surface area contributed by atoms with E-state index in [9.17, 15) is 9.90 Å². The van der Waals surface area contributed by atoms with Crippen LogP contribution in [-0.4, -0.2) is 30.7 Å². The molecule has 0 spiro atoms. The molecule has 19 heavy (non-hydrogen) atoms. The monoisotopic (exact) mass is 264 g/mol. The van der Waals surface area contributed by atoms with E-state index in [-0.39, 0.29) is 17.9 Å². The molecule has 1 amide bonds. The van der Waals surface area contributed by atoms with Crippen molar-refractivity contribution in [3.63, 3.8) is 0 Å². The molecule has 1 rings (SSSR count). The third-order valence-corrected chi connectivity index (χ3v) is 2.86. The van der Waals surface area contributed by atoms with Gasteiger partial charge < -0.3 is 15.7 Å². The maximum Gasteiger partial charge on any atom is 0.251 e. The second-order valence-electron chi connectivity index (χ2n) is 5.51. The van der Waals surface area contributed by atoms with E-state index in [2.05, 4.69) is 10.6 Å². The van der Waals surface area contributed by atoms with Gasteiger partial charge in [0, 0.05) is 36.4 Å². The Labute approximate surface area is 115 Å². The van der Waals surface area contributed by atoms with Crippen LogP contribution in [-0.2, 0) is 0 Å². The first-order valence-electron chi connectivity index (χ1n) is 6.71. The van der Waals surface area contributed by atoms with Crippen LogP contribution in [0.1, 0.15) is 37.6 Å². The predicted molar refractivity (Wildman–Crippen MR) is 78.4 cm³/mol. The van der Waals surface area contributed by atoms with Gasteiger partial charge in [0.25, 0.3) is 5.91 Å². The highest BCUT2D eigenvalue weighted by Gasteiger charge is 2.16. The molecule has 0 aliphatic heterocycles. The number of hydrogen-bond donors (Lipinski definition) is 3. The molecular weight excluding hydrogens is 240 g/mol. The molecule has 0 fully saturated rings. The van der Waals surface area contributed by atoms with Crippen molar-refractivity contribution in [2.75, 3.05) is 25.0 Å². The van der Waals surface area contributed by atoms with Crippen molar-refractivity contribution >= 4 is 11.6 Å². The molecule has 0 aliphatic rings. The number of aliphatic hydroxyl groups excluding tert-OH is 1. The summed E-state index contributed by atoms with van der Waals surface area (Å²) in [6.45, 7) is 7.46. The summed E-state index contributed by atoms with van der Waals surface area (Å²) in [5.41, 5.74) is 1.37. The second kappa shape index (κ2) is 7.14. The molecule has 0 bridgehead atoms. The summed E-state index contributed by atoms with van der Waals surface area (Å²) in [6, 6.07) is 7.41. The van der Waals surface area contributed by atoms with Gasteiger partial charge in [0.05, 0.1) is 0 Å². The first-order chi connectivity index (χ1) is 8.98. The van der Waals surface area contributed by atoms with Crippen LogP contribution in [0.15, 0.2) is 24.3 Å². The molecule has 0 unspecified atom stereocenters. The van der Waals surface area contributed by atoms with E-state index >= 15 is 0 Å². The molecule has 0 aliphatic carbocycles. The minimum Gasteiger partial charge on any atom is -0.396 e. The molecule has 0 heterocycles. The number of nitrogens with one attached hydrogen (secondary N) is 2. The van der Waals surface area contributed by atoms with Gasteiger partial charge >= 0.3 is 0 Å². The van der Waals surface area contributed by atoms with Crippen LogP contribution in [0.25, 0.3) is 0 Å². The molecule has 106 valence electrons. The van der Waals surface area contributed by atoms with E-state index in [1.165, 1.54) is 0 Å². The van der Waals surface area contributed by atoms with Gasteiger partial charge in [-0.15, -0.1) is 0 Å². The molecule has 0 atom stereocenters. The van der Waals surface area contributed by atoms with E-state index in [0.29, 0.717) is 18.7 Å². The summed E-state index contributed by atoms with van der Waals surface area (Å²) in [6.07, 6.45) is 0.925. The molecule has 1 aromatic carbocycles. The Balaban J connectivity index is 2.64. The molecule has 0 aromatic heterocycles. The number of amides is 1. The SMILES string of the molecule is CCCNC(=O)c1cccc(NCC(C)(C)CO)c1. The second-order valence-corrected chi connectivity index (χ2v) is 5.51. The van der Waals surface area contributed by atoms with Gasteiger partial charge in [-0.2, -0.15) is 0 Å². The van der Waals surface area contributed by atoms with Crippen molar-refractivity contribution in [3.8, 4) is 0 Å². The molecule has 0 radical (unpaired) electrons. The smallest absolute Gasteiger partial charge is 0.251 e. The van der Waals surface area contributed by atoms with Gasteiger partial charge in [-0.3, -0.25) is 4.79 Å². The third kappa shape index (κ3) is 5.30. The number of carbonyl (C=O) groups is 1. The maximum absolute atomic E-state index is 11.8. The number of anilines is 1. The Hall–Kier alpha value is -1.55. The molecule has 0 saturated carbocycles. The average Bonchev–Trinajstić information content (AvgIpc) is 2.43. The molecule has 4 heteroatoms. The summed E-state index contributed by atoms with van der Waals surface area (Å²) < 4.78 is 0. The molecule has 0 saturated heterocycles. The summed E-state index contributed by atoms with van der Waals surface area (Å²) in [4.78, 5) is 11.8. The van der Waals surface area contributed by atoms with Crippen LogP contribution >= 0.6 is 0 Å². The van der Waals surface area contributed by atoms with Crippen LogP contribution in [0, 0.1) is 5.41 Å². The maximum atomic E-state index is 11.8. The van der Waals surface area contributed by atoms with Crippen LogP contribution in [0.5, 0.6) is 0 Å². The fourth-order valence-corrected chi connectivity index (χ4v) is 1.51. The van der Waals surface area contributed by atoms with E-state index in [1.807, 2.05) is 39.0 Å². The first kappa shape index (κ1) is 15.5. The van der Waals surface area contributed by atoms with Crippen LogP contribution < -0.4 is 10.6 Å². The Morgan fingerprint density at radius 2 is 2.11 bits per heavy atom. The zero-order valence-corrected chi connectivity index (χ0v) is 12.0. The first-order valence-corrected chi connectivity index (χ1v) is 6.71.